The largest absolute Gasteiger partial charge is 0.370 e. The summed E-state index contributed by atoms with van der Waals surface area (Å²) >= 11 is 0. The van der Waals surface area contributed by atoms with Crippen LogP contribution in [-0.4, -0.2) is 41.1 Å². The Morgan fingerprint density at radius 1 is 1.38 bits per heavy atom. The molecule has 106 valence electrons. The van der Waals surface area contributed by atoms with E-state index in [0.717, 1.165) is 23.4 Å². The number of aryl methyl sites for hydroxylation is 1. The molecule has 0 radical (unpaired) electrons. The van der Waals surface area contributed by atoms with E-state index in [2.05, 4.69) is 30.5 Å². The molecule has 3 heterocycles. The van der Waals surface area contributed by atoms with Gasteiger partial charge < -0.3 is 5.32 Å². The van der Waals surface area contributed by atoms with Crippen molar-refractivity contribution in [3.8, 4) is 6.07 Å². The van der Waals surface area contributed by atoms with Crippen LogP contribution in [-0.2, 0) is 13.6 Å². The minimum Gasteiger partial charge on any atom is -0.370 e. The molecule has 0 unspecified atom stereocenters. The molecule has 3 aromatic heterocycles. The second kappa shape index (κ2) is 5.16. The molecule has 1 N–H and O–H groups in total. The predicted molar refractivity (Wildman–Crippen MR) is 74.3 cm³/mol. The second-order valence-electron chi connectivity index (χ2n) is 4.40. The zero-order chi connectivity index (χ0) is 14.8. The Morgan fingerprint density at radius 3 is 2.95 bits per heavy atom. The van der Waals surface area contributed by atoms with Crippen molar-refractivity contribution in [3.05, 3.63) is 24.2 Å². The van der Waals surface area contributed by atoms with Crippen molar-refractivity contribution < 1.29 is 0 Å². The van der Waals surface area contributed by atoms with Gasteiger partial charge >= 0.3 is 0 Å². The van der Waals surface area contributed by atoms with Crippen molar-refractivity contribution in [3.63, 3.8) is 0 Å². The maximum Gasteiger partial charge on any atom is 0.252 e. The fraction of sp³-hybridized carbons (Fsp3) is 0.333. The van der Waals surface area contributed by atoms with Gasteiger partial charge in [0.2, 0.25) is 0 Å². The lowest BCUT2D eigenvalue weighted by molar-refractivity contribution is 0.651. The lowest BCUT2D eigenvalue weighted by atomic mass is 10.3. The summed E-state index contributed by atoms with van der Waals surface area (Å²) in [5, 5.41) is 21.0. The Hall–Kier alpha value is -3.02. The number of nitrogens with one attached hydrogen (secondary N) is 1. The van der Waals surface area contributed by atoms with Gasteiger partial charge in [-0.25, -0.2) is 19.6 Å². The van der Waals surface area contributed by atoms with Gasteiger partial charge in [0, 0.05) is 13.6 Å². The molecule has 0 aliphatic heterocycles. The molecule has 0 fully saturated rings. The van der Waals surface area contributed by atoms with Gasteiger partial charge in [0.05, 0.1) is 11.6 Å². The fourth-order valence-electron chi connectivity index (χ4n) is 2.01. The summed E-state index contributed by atoms with van der Waals surface area (Å²) < 4.78 is 3.23. The highest BCUT2D eigenvalue weighted by Crippen LogP contribution is 2.19. The summed E-state index contributed by atoms with van der Waals surface area (Å²) in [5.74, 6) is 1.45. The van der Waals surface area contributed by atoms with Gasteiger partial charge in [-0.05, 0) is 6.92 Å². The Balaban J connectivity index is 2.01. The highest BCUT2D eigenvalue weighted by Gasteiger charge is 2.12. The molecule has 21 heavy (non-hydrogen) atoms. The van der Waals surface area contributed by atoms with Crippen LogP contribution < -0.4 is 5.32 Å². The molecular weight excluding hydrogens is 270 g/mol. The summed E-state index contributed by atoms with van der Waals surface area (Å²) in [6, 6.07) is 1.89. The molecule has 0 amide bonds. The van der Waals surface area contributed by atoms with Gasteiger partial charge in [0.15, 0.2) is 11.5 Å². The third-order valence-corrected chi connectivity index (χ3v) is 2.92. The number of nitrogens with zero attached hydrogens (tertiary/aromatic N) is 8. The highest BCUT2D eigenvalue weighted by molar-refractivity contribution is 5.86. The number of hydrogen-bond acceptors (Lipinski definition) is 7. The van der Waals surface area contributed by atoms with Crippen LogP contribution in [0, 0.1) is 11.3 Å². The smallest absolute Gasteiger partial charge is 0.252 e. The zero-order valence-electron chi connectivity index (χ0n) is 11.6. The topological polar surface area (TPSA) is 110 Å². The molecule has 3 aromatic rings. The summed E-state index contributed by atoms with van der Waals surface area (Å²) in [4.78, 5) is 12.8. The van der Waals surface area contributed by atoms with Crippen LogP contribution >= 0.6 is 0 Å². The quantitative estimate of drug-likeness (QED) is 0.733. The van der Waals surface area contributed by atoms with Gasteiger partial charge in [0.1, 0.15) is 24.8 Å². The maximum absolute atomic E-state index is 8.74. The first-order valence-electron chi connectivity index (χ1n) is 6.43. The maximum atomic E-state index is 8.74. The van der Waals surface area contributed by atoms with E-state index in [-0.39, 0.29) is 5.82 Å². The van der Waals surface area contributed by atoms with Crippen LogP contribution in [0.15, 0.2) is 12.5 Å². The molecule has 0 aliphatic rings. The Bertz CT molecular complexity index is 823. The van der Waals surface area contributed by atoms with Crippen molar-refractivity contribution in [1.82, 2.24) is 34.5 Å². The fourth-order valence-corrected chi connectivity index (χ4v) is 2.01. The van der Waals surface area contributed by atoms with E-state index in [1.807, 2.05) is 20.0 Å². The molecule has 0 bridgehead atoms. The SMILES string of the molecule is CCNc1nc(Cn2cnc(C#N)n2)nc2c1cnn2C. The second-order valence-corrected chi connectivity index (χ2v) is 4.40. The normalized spacial score (nSPS) is 10.7. The molecule has 0 spiro atoms. The number of anilines is 1. The number of fused-ring (bicyclic) bond motifs is 1. The first kappa shape index (κ1) is 13.0. The molecule has 9 heteroatoms. The Labute approximate surface area is 120 Å². The van der Waals surface area contributed by atoms with Gasteiger partial charge in [-0.3, -0.25) is 4.68 Å². The van der Waals surface area contributed by atoms with Crippen molar-refractivity contribution in [2.24, 2.45) is 7.05 Å². The van der Waals surface area contributed by atoms with E-state index in [1.165, 1.54) is 11.0 Å². The van der Waals surface area contributed by atoms with Crippen LogP contribution in [0.2, 0.25) is 0 Å². The van der Waals surface area contributed by atoms with Gasteiger partial charge in [-0.1, -0.05) is 0 Å². The number of aromatic nitrogens is 7. The third kappa shape index (κ3) is 2.38. The van der Waals surface area contributed by atoms with E-state index >= 15 is 0 Å². The molecule has 3 rings (SSSR count). The minimum absolute atomic E-state index is 0.128. The lowest BCUT2D eigenvalue weighted by Gasteiger charge is -2.07. The van der Waals surface area contributed by atoms with E-state index in [0.29, 0.717) is 12.4 Å². The van der Waals surface area contributed by atoms with Crippen LogP contribution in [0.4, 0.5) is 5.82 Å². The number of nitriles is 1. The number of rotatable bonds is 4. The predicted octanol–water partition coefficient (Wildman–Crippen LogP) is 0.307. The van der Waals surface area contributed by atoms with Gasteiger partial charge in [-0.2, -0.15) is 10.4 Å². The van der Waals surface area contributed by atoms with Crippen LogP contribution in [0.3, 0.4) is 0 Å². The van der Waals surface area contributed by atoms with Crippen molar-refractivity contribution in [2.75, 3.05) is 11.9 Å². The van der Waals surface area contributed by atoms with Crippen molar-refractivity contribution in [2.45, 2.75) is 13.5 Å². The molecule has 0 aliphatic carbocycles. The van der Waals surface area contributed by atoms with Crippen LogP contribution in [0.25, 0.3) is 11.0 Å². The molecule has 0 saturated carbocycles. The van der Waals surface area contributed by atoms with Crippen molar-refractivity contribution >= 4 is 16.9 Å². The molecule has 0 aromatic carbocycles. The molecule has 9 nitrogen and oxygen atoms in total. The summed E-state index contributed by atoms with van der Waals surface area (Å²) in [6.07, 6.45) is 3.22. The summed E-state index contributed by atoms with van der Waals surface area (Å²) in [7, 11) is 1.83. The van der Waals surface area contributed by atoms with Gasteiger partial charge in [0.25, 0.3) is 5.82 Å². The average molecular weight is 283 g/mol. The average Bonchev–Trinajstić information content (AvgIpc) is 3.07. The van der Waals surface area contributed by atoms with E-state index < -0.39 is 0 Å². The highest BCUT2D eigenvalue weighted by atomic mass is 15.3. The molecular formula is C12H13N9. The number of hydrogen-bond donors (Lipinski definition) is 1. The Morgan fingerprint density at radius 2 is 2.24 bits per heavy atom. The first-order valence-corrected chi connectivity index (χ1v) is 6.43. The van der Waals surface area contributed by atoms with Crippen LogP contribution in [0.1, 0.15) is 18.6 Å². The summed E-state index contributed by atoms with van der Waals surface area (Å²) in [6.45, 7) is 3.09. The van der Waals surface area contributed by atoms with E-state index in [4.69, 9.17) is 5.26 Å². The lowest BCUT2D eigenvalue weighted by Crippen LogP contribution is -2.09. The molecule has 0 atom stereocenters. The monoisotopic (exact) mass is 283 g/mol. The molecule has 0 saturated heterocycles. The summed E-state index contributed by atoms with van der Waals surface area (Å²) in [5.41, 5.74) is 0.747. The van der Waals surface area contributed by atoms with E-state index in [1.54, 1.807) is 10.9 Å². The van der Waals surface area contributed by atoms with Crippen molar-refractivity contribution in [1.29, 1.82) is 5.26 Å². The first-order chi connectivity index (χ1) is 10.2. The van der Waals surface area contributed by atoms with E-state index in [9.17, 15) is 0 Å². The minimum atomic E-state index is 0.128. The zero-order valence-corrected chi connectivity index (χ0v) is 11.6. The van der Waals surface area contributed by atoms with Gasteiger partial charge in [-0.15, -0.1) is 5.10 Å². The third-order valence-electron chi connectivity index (χ3n) is 2.92. The van der Waals surface area contributed by atoms with Crippen LogP contribution in [0.5, 0.6) is 0 Å². The standard InChI is InChI=1S/C12H13N9/c1-3-14-11-8-5-16-20(2)12(8)18-10(17-11)6-21-7-15-9(4-13)19-21/h5,7H,3,6H2,1-2H3,(H,14,17,18). The Kier molecular flexibility index (Phi) is 3.19.